The number of carbonyl (C=O) groups excluding carboxylic acids is 2. The molecule has 1 aromatic rings. The summed E-state index contributed by atoms with van der Waals surface area (Å²) in [5.74, 6) is -1.54. The second-order valence-electron chi connectivity index (χ2n) is 4.30. The van der Waals surface area contributed by atoms with Gasteiger partial charge in [0.2, 0.25) is 0 Å². The normalized spacial score (nSPS) is 11.0. The molecule has 0 heterocycles. The van der Waals surface area contributed by atoms with Crippen molar-refractivity contribution >= 4 is 21.6 Å². The molecule has 116 valence electrons. The van der Waals surface area contributed by atoms with E-state index in [1.807, 2.05) is 6.92 Å². The summed E-state index contributed by atoms with van der Waals surface area (Å²) in [6.45, 7) is 2.35. The number of hydrogen-bond acceptors (Lipinski definition) is 6. The van der Waals surface area contributed by atoms with Crippen LogP contribution in [0.15, 0.2) is 24.3 Å². The standard InChI is InChI=1S/C14H18O6S/c1-3-20-12-6-4-11(5-7-12)13(15)10-21(17,18)9-8-14(16)19-2/h4-7H,3,8-10H2,1-2H3. The van der Waals surface area contributed by atoms with Gasteiger partial charge >= 0.3 is 5.97 Å². The lowest BCUT2D eigenvalue weighted by Gasteiger charge is -2.05. The summed E-state index contributed by atoms with van der Waals surface area (Å²) >= 11 is 0. The van der Waals surface area contributed by atoms with E-state index in [0.717, 1.165) is 0 Å². The smallest absolute Gasteiger partial charge is 0.306 e. The molecule has 0 aliphatic rings. The first kappa shape index (κ1) is 17.2. The van der Waals surface area contributed by atoms with Crippen molar-refractivity contribution in [1.82, 2.24) is 0 Å². The van der Waals surface area contributed by atoms with Crippen molar-refractivity contribution in [2.75, 3.05) is 25.2 Å². The van der Waals surface area contributed by atoms with Gasteiger partial charge < -0.3 is 9.47 Å². The van der Waals surface area contributed by atoms with Crippen molar-refractivity contribution < 1.29 is 27.5 Å². The van der Waals surface area contributed by atoms with E-state index in [0.29, 0.717) is 17.9 Å². The van der Waals surface area contributed by atoms with Crippen LogP contribution >= 0.6 is 0 Å². The number of rotatable bonds is 8. The molecule has 0 unspecified atom stereocenters. The predicted octanol–water partition coefficient (Wildman–Crippen LogP) is 1.25. The Morgan fingerprint density at radius 2 is 1.76 bits per heavy atom. The topological polar surface area (TPSA) is 86.7 Å². The minimum atomic E-state index is -3.64. The summed E-state index contributed by atoms with van der Waals surface area (Å²) in [6, 6.07) is 6.25. The third kappa shape index (κ3) is 5.95. The van der Waals surface area contributed by atoms with E-state index in [1.54, 1.807) is 12.1 Å². The molecule has 0 aromatic heterocycles. The van der Waals surface area contributed by atoms with Gasteiger partial charge in [-0.2, -0.15) is 0 Å². The van der Waals surface area contributed by atoms with Gasteiger partial charge in [-0.15, -0.1) is 0 Å². The van der Waals surface area contributed by atoms with Gasteiger partial charge in [-0.25, -0.2) is 8.42 Å². The molecule has 0 aliphatic heterocycles. The Bertz CT molecular complexity index is 588. The number of Topliss-reactive ketones (excluding diaryl/α,β-unsaturated/α-hetero) is 1. The molecule has 0 atom stereocenters. The molecule has 1 rings (SSSR count). The highest BCUT2D eigenvalue weighted by atomic mass is 32.2. The van der Waals surface area contributed by atoms with Crippen LogP contribution in [0.4, 0.5) is 0 Å². The van der Waals surface area contributed by atoms with Gasteiger partial charge in [0.15, 0.2) is 15.6 Å². The highest BCUT2D eigenvalue weighted by molar-refractivity contribution is 7.92. The first-order valence-electron chi connectivity index (χ1n) is 6.41. The van der Waals surface area contributed by atoms with Gasteiger partial charge in [-0.3, -0.25) is 9.59 Å². The highest BCUT2D eigenvalue weighted by Crippen LogP contribution is 2.13. The summed E-state index contributed by atoms with van der Waals surface area (Å²) in [5.41, 5.74) is 0.292. The number of ketones is 1. The summed E-state index contributed by atoms with van der Waals surface area (Å²) in [6.07, 6.45) is -0.255. The Morgan fingerprint density at radius 3 is 2.29 bits per heavy atom. The van der Waals surface area contributed by atoms with Crippen LogP contribution in [0.5, 0.6) is 5.75 Å². The molecule has 0 saturated heterocycles. The second kappa shape index (κ2) is 7.78. The molecule has 6 nitrogen and oxygen atoms in total. The number of methoxy groups -OCH3 is 1. The van der Waals surface area contributed by atoms with Crippen molar-refractivity contribution in [3.63, 3.8) is 0 Å². The van der Waals surface area contributed by atoms with E-state index in [-0.39, 0.29) is 6.42 Å². The fourth-order valence-electron chi connectivity index (χ4n) is 1.60. The van der Waals surface area contributed by atoms with Crippen LogP contribution in [-0.4, -0.2) is 45.4 Å². The van der Waals surface area contributed by atoms with Crippen LogP contribution in [-0.2, 0) is 19.4 Å². The van der Waals surface area contributed by atoms with Crippen molar-refractivity contribution in [2.45, 2.75) is 13.3 Å². The first-order valence-corrected chi connectivity index (χ1v) is 8.23. The molecule has 0 amide bonds. The maximum Gasteiger partial charge on any atom is 0.306 e. The van der Waals surface area contributed by atoms with Crippen LogP contribution in [0.3, 0.4) is 0 Å². The molecule has 0 saturated carbocycles. The quantitative estimate of drug-likeness (QED) is 0.530. The number of benzene rings is 1. The Hall–Kier alpha value is -1.89. The number of ether oxygens (including phenoxy) is 2. The van der Waals surface area contributed by atoms with Crippen molar-refractivity contribution in [3.05, 3.63) is 29.8 Å². The van der Waals surface area contributed by atoms with Gasteiger partial charge in [-0.05, 0) is 31.2 Å². The summed E-state index contributed by atoms with van der Waals surface area (Å²) in [5, 5.41) is 0. The van der Waals surface area contributed by atoms with Crippen LogP contribution in [0.1, 0.15) is 23.7 Å². The van der Waals surface area contributed by atoms with Gasteiger partial charge in [0.1, 0.15) is 11.5 Å². The molecule has 0 N–H and O–H groups in total. The maximum atomic E-state index is 11.9. The molecule has 0 bridgehead atoms. The van der Waals surface area contributed by atoms with Crippen molar-refractivity contribution in [2.24, 2.45) is 0 Å². The largest absolute Gasteiger partial charge is 0.494 e. The SMILES string of the molecule is CCOc1ccc(C(=O)CS(=O)(=O)CCC(=O)OC)cc1. The zero-order chi connectivity index (χ0) is 15.9. The number of esters is 1. The molecule has 7 heteroatoms. The second-order valence-corrected chi connectivity index (χ2v) is 6.48. The van der Waals surface area contributed by atoms with Crippen LogP contribution in [0.25, 0.3) is 0 Å². The van der Waals surface area contributed by atoms with E-state index in [1.165, 1.54) is 19.2 Å². The first-order chi connectivity index (χ1) is 9.88. The van der Waals surface area contributed by atoms with Gasteiger partial charge in [0, 0.05) is 5.56 Å². The average Bonchev–Trinajstić information content (AvgIpc) is 2.45. The van der Waals surface area contributed by atoms with E-state index in [4.69, 9.17) is 4.74 Å². The monoisotopic (exact) mass is 314 g/mol. The minimum absolute atomic E-state index is 0.255. The average molecular weight is 314 g/mol. The number of carbonyl (C=O) groups is 2. The molecule has 0 fully saturated rings. The lowest BCUT2D eigenvalue weighted by atomic mass is 10.1. The number of sulfone groups is 1. The Kier molecular flexibility index (Phi) is 6.36. The fraction of sp³-hybridized carbons (Fsp3) is 0.429. The Morgan fingerprint density at radius 1 is 1.14 bits per heavy atom. The minimum Gasteiger partial charge on any atom is -0.494 e. The highest BCUT2D eigenvalue weighted by Gasteiger charge is 2.19. The third-order valence-corrected chi connectivity index (χ3v) is 4.21. The summed E-state index contributed by atoms with van der Waals surface area (Å²) < 4.78 is 33.1. The summed E-state index contributed by atoms with van der Waals surface area (Å²) in [7, 11) is -2.46. The van der Waals surface area contributed by atoms with E-state index in [9.17, 15) is 18.0 Å². The van der Waals surface area contributed by atoms with Crippen LogP contribution in [0.2, 0.25) is 0 Å². The predicted molar refractivity (Wildman–Crippen MR) is 77.2 cm³/mol. The lowest BCUT2D eigenvalue weighted by Crippen LogP contribution is -2.21. The molecule has 0 radical (unpaired) electrons. The Balaban J connectivity index is 2.65. The van der Waals surface area contributed by atoms with E-state index < -0.39 is 33.1 Å². The molecule has 0 spiro atoms. The van der Waals surface area contributed by atoms with Gasteiger partial charge in [0.05, 0.1) is 25.9 Å². The molecule has 1 aromatic carbocycles. The number of hydrogen-bond donors (Lipinski definition) is 0. The van der Waals surface area contributed by atoms with Crippen LogP contribution < -0.4 is 4.74 Å². The maximum absolute atomic E-state index is 11.9. The zero-order valence-corrected chi connectivity index (χ0v) is 12.8. The lowest BCUT2D eigenvalue weighted by molar-refractivity contribution is -0.140. The van der Waals surface area contributed by atoms with Crippen LogP contribution in [0, 0.1) is 0 Å². The summed E-state index contributed by atoms with van der Waals surface area (Å²) in [4.78, 5) is 22.8. The third-order valence-electron chi connectivity index (χ3n) is 2.68. The van der Waals surface area contributed by atoms with E-state index in [2.05, 4.69) is 4.74 Å². The molecule has 21 heavy (non-hydrogen) atoms. The van der Waals surface area contributed by atoms with Crippen molar-refractivity contribution in [3.8, 4) is 5.75 Å². The zero-order valence-electron chi connectivity index (χ0n) is 12.0. The van der Waals surface area contributed by atoms with E-state index >= 15 is 0 Å². The van der Waals surface area contributed by atoms with Gasteiger partial charge in [0.25, 0.3) is 0 Å². The molecule has 0 aliphatic carbocycles. The fourth-order valence-corrected chi connectivity index (χ4v) is 2.79. The van der Waals surface area contributed by atoms with Crippen molar-refractivity contribution in [1.29, 1.82) is 0 Å². The van der Waals surface area contributed by atoms with Gasteiger partial charge in [-0.1, -0.05) is 0 Å². The Labute approximate surface area is 124 Å². The molecular weight excluding hydrogens is 296 g/mol. The molecular formula is C14H18O6S.